The summed E-state index contributed by atoms with van der Waals surface area (Å²) in [5.41, 5.74) is 2.55. The predicted octanol–water partition coefficient (Wildman–Crippen LogP) is 4.09. The van der Waals surface area contributed by atoms with E-state index in [1.54, 1.807) is 29.2 Å². The van der Waals surface area contributed by atoms with E-state index in [1.165, 1.54) is 12.7 Å². The van der Waals surface area contributed by atoms with Crippen LogP contribution >= 0.6 is 0 Å². The summed E-state index contributed by atoms with van der Waals surface area (Å²) in [6, 6.07) is 14.1. The molecule has 0 saturated carbocycles. The minimum Gasteiger partial charge on any atom is -0.507 e. The first kappa shape index (κ1) is 19.7. The van der Waals surface area contributed by atoms with E-state index in [0.29, 0.717) is 17.9 Å². The molecule has 1 aliphatic heterocycles. The van der Waals surface area contributed by atoms with Gasteiger partial charge in [0.1, 0.15) is 11.5 Å². The standard InChI is InChI=1S/C23H25NO4/c1-4-13-24-20(16-11-9-15(5-2)10-12-16)19(22(26)23(24)27)21(25)17-7-6-8-18(14-17)28-3/h6-12,14,20,25H,4-5,13H2,1-3H3/b21-19-. The molecule has 1 fully saturated rings. The van der Waals surface area contributed by atoms with Crippen LogP contribution in [0.15, 0.2) is 54.1 Å². The fourth-order valence-electron chi connectivity index (χ4n) is 3.56. The van der Waals surface area contributed by atoms with Crippen LogP contribution in [0.3, 0.4) is 0 Å². The highest BCUT2D eigenvalue weighted by Crippen LogP contribution is 2.39. The molecule has 0 aromatic heterocycles. The van der Waals surface area contributed by atoms with Crippen molar-refractivity contribution in [2.24, 2.45) is 0 Å². The number of ketones is 1. The molecular weight excluding hydrogens is 354 g/mol. The molecule has 5 heteroatoms. The number of Topliss-reactive ketones (excluding diaryl/α,β-unsaturated/α-hetero) is 1. The first-order valence-electron chi connectivity index (χ1n) is 9.53. The van der Waals surface area contributed by atoms with Crippen LogP contribution in [0.25, 0.3) is 5.76 Å². The molecule has 2 aromatic carbocycles. The smallest absolute Gasteiger partial charge is 0.295 e. The van der Waals surface area contributed by atoms with Gasteiger partial charge in [0, 0.05) is 12.1 Å². The van der Waals surface area contributed by atoms with Crippen LogP contribution in [0.5, 0.6) is 5.75 Å². The molecule has 1 N–H and O–H groups in total. The molecule has 28 heavy (non-hydrogen) atoms. The van der Waals surface area contributed by atoms with Crippen molar-refractivity contribution in [3.63, 3.8) is 0 Å². The third-order valence-corrected chi connectivity index (χ3v) is 5.05. The summed E-state index contributed by atoms with van der Waals surface area (Å²) in [7, 11) is 1.54. The summed E-state index contributed by atoms with van der Waals surface area (Å²) >= 11 is 0. The number of methoxy groups -OCH3 is 1. The van der Waals surface area contributed by atoms with Gasteiger partial charge in [-0.3, -0.25) is 9.59 Å². The number of amides is 1. The minimum absolute atomic E-state index is 0.121. The van der Waals surface area contributed by atoms with Gasteiger partial charge in [-0.25, -0.2) is 0 Å². The van der Waals surface area contributed by atoms with Crippen molar-refractivity contribution in [2.45, 2.75) is 32.7 Å². The quantitative estimate of drug-likeness (QED) is 0.466. The lowest BCUT2D eigenvalue weighted by Gasteiger charge is -2.25. The van der Waals surface area contributed by atoms with Gasteiger partial charge in [-0.1, -0.05) is 50.2 Å². The molecule has 0 radical (unpaired) electrons. The fourth-order valence-corrected chi connectivity index (χ4v) is 3.56. The van der Waals surface area contributed by atoms with Crippen LogP contribution in [-0.4, -0.2) is 35.4 Å². The highest BCUT2D eigenvalue weighted by molar-refractivity contribution is 6.46. The van der Waals surface area contributed by atoms with Gasteiger partial charge < -0.3 is 14.7 Å². The molecular formula is C23H25NO4. The molecule has 3 rings (SSSR count). The van der Waals surface area contributed by atoms with E-state index >= 15 is 0 Å². The number of carbonyl (C=O) groups excluding carboxylic acids is 2. The minimum atomic E-state index is -0.654. The first-order chi connectivity index (χ1) is 13.5. The molecule has 0 aliphatic carbocycles. The van der Waals surface area contributed by atoms with Crippen molar-refractivity contribution in [1.82, 2.24) is 4.90 Å². The fraction of sp³-hybridized carbons (Fsp3) is 0.304. The second-order valence-corrected chi connectivity index (χ2v) is 6.82. The maximum absolute atomic E-state index is 12.8. The normalized spacial score (nSPS) is 18.5. The summed E-state index contributed by atoms with van der Waals surface area (Å²) in [5.74, 6) is -0.842. The first-order valence-corrected chi connectivity index (χ1v) is 9.53. The zero-order chi connectivity index (χ0) is 20.3. The predicted molar refractivity (Wildman–Crippen MR) is 108 cm³/mol. The van der Waals surface area contributed by atoms with Crippen molar-refractivity contribution < 1.29 is 19.4 Å². The summed E-state index contributed by atoms with van der Waals surface area (Å²) in [6.45, 7) is 4.47. The maximum atomic E-state index is 12.8. The Hall–Kier alpha value is -3.08. The molecule has 1 aliphatic rings. The molecule has 146 valence electrons. The van der Waals surface area contributed by atoms with Crippen molar-refractivity contribution in [1.29, 1.82) is 0 Å². The van der Waals surface area contributed by atoms with E-state index in [0.717, 1.165) is 18.4 Å². The summed E-state index contributed by atoms with van der Waals surface area (Å²) in [6.07, 6.45) is 1.62. The average Bonchev–Trinajstić information content (AvgIpc) is 2.98. The van der Waals surface area contributed by atoms with Gasteiger partial charge in [0.25, 0.3) is 11.7 Å². The molecule has 5 nitrogen and oxygen atoms in total. The highest BCUT2D eigenvalue weighted by atomic mass is 16.5. The van der Waals surface area contributed by atoms with E-state index in [-0.39, 0.29) is 11.3 Å². The average molecular weight is 379 g/mol. The number of benzene rings is 2. The van der Waals surface area contributed by atoms with Crippen molar-refractivity contribution in [2.75, 3.05) is 13.7 Å². The Balaban J connectivity index is 2.16. The number of likely N-dealkylation sites (tertiary alicyclic amines) is 1. The lowest BCUT2D eigenvalue weighted by atomic mass is 9.94. The van der Waals surface area contributed by atoms with Crippen LogP contribution < -0.4 is 4.74 Å². The van der Waals surface area contributed by atoms with Crippen molar-refractivity contribution >= 4 is 17.4 Å². The molecule has 0 bridgehead atoms. The number of aryl methyl sites for hydroxylation is 1. The van der Waals surface area contributed by atoms with Gasteiger partial charge >= 0.3 is 0 Å². The molecule has 1 unspecified atom stereocenters. The zero-order valence-electron chi connectivity index (χ0n) is 16.4. The topological polar surface area (TPSA) is 66.8 Å². The number of nitrogens with zero attached hydrogens (tertiary/aromatic N) is 1. The number of aliphatic hydroxyl groups is 1. The zero-order valence-corrected chi connectivity index (χ0v) is 16.4. The van der Waals surface area contributed by atoms with Crippen LogP contribution in [0.1, 0.15) is 43.0 Å². The van der Waals surface area contributed by atoms with Crippen molar-refractivity contribution in [3.05, 3.63) is 70.8 Å². The van der Waals surface area contributed by atoms with E-state index in [4.69, 9.17) is 4.74 Å². The summed E-state index contributed by atoms with van der Waals surface area (Å²) in [4.78, 5) is 27.1. The van der Waals surface area contributed by atoms with E-state index in [9.17, 15) is 14.7 Å². The second kappa shape index (κ2) is 8.30. The molecule has 2 aromatic rings. The van der Waals surface area contributed by atoms with Gasteiger partial charge in [-0.05, 0) is 36.1 Å². The maximum Gasteiger partial charge on any atom is 0.295 e. The van der Waals surface area contributed by atoms with E-state index in [2.05, 4.69) is 6.92 Å². The Morgan fingerprint density at radius 2 is 1.82 bits per heavy atom. The third kappa shape index (κ3) is 3.52. The van der Waals surface area contributed by atoms with Crippen LogP contribution in [-0.2, 0) is 16.0 Å². The number of rotatable bonds is 6. The molecule has 1 amide bonds. The summed E-state index contributed by atoms with van der Waals surface area (Å²) in [5, 5.41) is 11.0. The Labute approximate surface area is 165 Å². The van der Waals surface area contributed by atoms with Crippen LogP contribution in [0.2, 0.25) is 0 Å². The van der Waals surface area contributed by atoms with Crippen LogP contribution in [0, 0.1) is 0 Å². The van der Waals surface area contributed by atoms with Gasteiger partial charge in [0.2, 0.25) is 0 Å². The Kier molecular flexibility index (Phi) is 5.83. The molecule has 1 heterocycles. The molecule has 1 atom stereocenters. The van der Waals surface area contributed by atoms with Crippen LogP contribution in [0.4, 0.5) is 0 Å². The van der Waals surface area contributed by atoms with Gasteiger partial charge in [-0.15, -0.1) is 0 Å². The Morgan fingerprint density at radius 3 is 2.43 bits per heavy atom. The molecule has 0 spiro atoms. The summed E-state index contributed by atoms with van der Waals surface area (Å²) < 4.78 is 5.22. The largest absolute Gasteiger partial charge is 0.507 e. The monoisotopic (exact) mass is 379 g/mol. The number of hydrogen-bond acceptors (Lipinski definition) is 4. The SMILES string of the molecule is CCCN1C(=O)C(=O)/C(=C(\O)c2cccc(OC)c2)C1c1ccc(CC)cc1. The molecule has 1 saturated heterocycles. The number of ether oxygens (including phenoxy) is 1. The van der Waals surface area contributed by atoms with Gasteiger partial charge in [-0.2, -0.15) is 0 Å². The Morgan fingerprint density at radius 1 is 1.11 bits per heavy atom. The lowest BCUT2D eigenvalue weighted by Crippen LogP contribution is -2.30. The van der Waals surface area contributed by atoms with Gasteiger partial charge in [0.05, 0.1) is 18.7 Å². The number of hydrogen-bond donors (Lipinski definition) is 1. The van der Waals surface area contributed by atoms with E-state index in [1.807, 2.05) is 31.2 Å². The highest BCUT2D eigenvalue weighted by Gasteiger charge is 2.45. The number of carbonyl (C=O) groups is 2. The van der Waals surface area contributed by atoms with Gasteiger partial charge in [0.15, 0.2) is 0 Å². The third-order valence-electron chi connectivity index (χ3n) is 5.05. The van der Waals surface area contributed by atoms with Crippen molar-refractivity contribution in [3.8, 4) is 5.75 Å². The Bertz CT molecular complexity index is 914. The lowest BCUT2D eigenvalue weighted by molar-refractivity contribution is -0.139. The van der Waals surface area contributed by atoms with E-state index < -0.39 is 17.7 Å². The number of aliphatic hydroxyl groups excluding tert-OH is 1. The second-order valence-electron chi connectivity index (χ2n) is 6.82.